The molecule has 2 aromatic heterocycles. The third kappa shape index (κ3) is 2.92. The number of rotatable bonds is 2. The van der Waals surface area contributed by atoms with Crippen LogP contribution in [0.5, 0.6) is 0 Å². The number of nitriles is 1. The lowest BCUT2D eigenvalue weighted by Crippen LogP contribution is -2.31. The Kier molecular flexibility index (Phi) is 3.25. The number of hydrogen-bond acceptors (Lipinski definition) is 2. The minimum Gasteiger partial charge on any atom is -0.454 e. The molecular weight excluding hydrogens is 380 g/mol. The second kappa shape index (κ2) is 7.11. The molecule has 0 amide bonds. The summed E-state index contributed by atoms with van der Waals surface area (Å²) in [5.41, 5.74) is 6.28. The largest absolute Gasteiger partial charge is 0.454 e. The van der Waals surface area contributed by atoms with Crippen LogP contribution < -0.4 is 4.57 Å². The molecule has 0 aliphatic carbocycles. The van der Waals surface area contributed by atoms with Gasteiger partial charge in [0.1, 0.15) is 18.2 Å². The summed E-state index contributed by atoms with van der Waals surface area (Å²) in [7, 11) is 1.96. The summed E-state index contributed by atoms with van der Waals surface area (Å²) in [4.78, 5) is 0. The minimum absolute atomic E-state index is 0.0613. The fourth-order valence-corrected chi connectivity index (χ4v) is 4.34. The summed E-state index contributed by atoms with van der Waals surface area (Å²) in [5, 5.41) is 11.3. The Balaban J connectivity index is 2.00. The molecule has 0 saturated carbocycles. The van der Waals surface area contributed by atoms with E-state index in [0.29, 0.717) is 33.2 Å². The highest BCUT2D eigenvalue weighted by molar-refractivity contribution is 6.15. The topological polar surface area (TPSA) is 40.8 Å². The molecule has 31 heavy (non-hydrogen) atoms. The van der Waals surface area contributed by atoms with Gasteiger partial charge >= 0.3 is 0 Å². The molecule has 0 N–H and O–H groups in total. The average Bonchev–Trinajstić information content (AvgIpc) is 3.22. The van der Waals surface area contributed by atoms with Gasteiger partial charge in [0, 0.05) is 28.0 Å². The molecule has 0 fully saturated rings. The second-order valence-electron chi connectivity index (χ2n) is 7.87. The van der Waals surface area contributed by atoms with Crippen LogP contribution in [0, 0.1) is 32.1 Å². The van der Waals surface area contributed by atoms with Crippen molar-refractivity contribution in [3.63, 3.8) is 0 Å². The molecule has 0 aliphatic rings. The van der Waals surface area contributed by atoms with Gasteiger partial charge in [-0.2, -0.15) is 5.26 Å². The van der Waals surface area contributed by atoms with Crippen LogP contribution in [0.2, 0.25) is 0 Å². The number of benzene rings is 3. The third-order valence-electron chi connectivity index (χ3n) is 5.73. The van der Waals surface area contributed by atoms with Crippen LogP contribution in [-0.2, 0) is 7.05 Å². The first-order valence-electron chi connectivity index (χ1n) is 12.5. The van der Waals surface area contributed by atoms with Gasteiger partial charge in [-0.15, -0.1) is 0 Å². The fourth-order valence-electron chi connectivity index (χ4n) is 4.34. The van der Waals surface area contributed by atoms with E-state index in [1.165, 1.54) is 0 Å². The van der Waals surface area contributed by atoms with Crippen molar-refractivity contribution in [3.8, 4) is 28.5 Å². The highest BCUT2D eigenvalue weighted by atomic mass is 16.3. The number of nitrogens with zero attached hydrogens (tertiary/aromatic N) is 2. The predicted octanol–water partition coefficient (Wildman–Crippen LogP) is 6.54. The first kappa shape index (κ1) is 14.2. The predicted molar refractivity (Wildman–Crippen MR) is 125 cm³/mol. The highest BCUT2D eigenvalue weighted by Gasteiger charge is 2.24. The Morgan fingerprint density at radius 2 is 1.71 bits per heavy atom. The monoisotopic (exact) mass is 408 g/mol. The van der Waals surface area contributed by atoms with Crippen LogP contribution in [0.3, 0.4) is 0 Å². The maximum absolute atomic E-state index is 9.99. The lowest BCUT2D eigenvalue weighted by atomic mass is 9.93. The molecule has 0 atom stereocenters. The van der Waals surface area contributed by atoms with Crippen molar-refractivity contribution in [1.82, 2.24) is 0 Å². The Morgan fingerprint density at radius 3 is 2.42 bits per heavy atom. The number of pyridine rings is 1. The average molecular weight is 409 g/mol. The zero-order valence-corrected chi connectivity index (χ0v) is 17.8. The first-order chi connectivity index (χ1) is 17.1. The molecule has 0 bridgehead atoms. The fraction of sp³-hybridized carbons (Fsp3) is 0.143. The zero-order valence-electron chi connectivity index (χ0n) is 22.8. The van der Waals surface area contributed by atoms with Crippen molar-refractivity contribution >= 4 is 21.9 Å². The Hall–Kier alpha value is -3.90. The molecule has 5 aromatic rings. The molecule has 5 rings (SSSR count). The van der Waals surface area contributed by atoms with Crippen LogP contribution in [0.4, 0.5) is 0 Å². The molecule has 3 heteroatoms. The number of aryl methyl sites for hydroxylation is 4. The summed E-state index contributed by atoms with van der Waals surface area (Å²) < 4.78 is 50.0. The summed E-state index contributed by atoms with van der Waals surface area (Å²) in [5.74, 6) is 0. The van der Waals surface area contributed by atoms with Gasteiger partial charge in [-0.1, -0.05) is 42.3 Å². The normalized spacial score (nSPS) is 13.5. The molecule has 0 saturated heterocycles. The van der Waals surface area contributed by atoms with Gasteiger partial charge < -0.3 is 4.42 Å². The molecule has 0 aliphatic heterocycles. The van der Waals surface area contributed by atoms with E-state index in [4.69, 9.17) is 11.3 Å². The maximum atomic E-state index is 9.99. The number of furan rings is 1. The van der Waals surface area contributed by atoms with E-state index in [-0.39, 0.29) is 17.6 Å². The van der Waals surface area contributed by atoms with E-state index in [1.807, 2.05) is 55.9 Å². The zero-order chi connectivity index (χ0) is 26.0. The van der Waals surface area contributed by atoms with Gasteiger partial charge in [-0.05, 0) is 49.6 Å². The molecule has 3 aromatic carbocycles. The quantitative estimate of drug-likeness (QED) is 0.311. The van der Waals surface area contributed by atoms with Gasteiger partial charge in [0.25, 0.3) is 0 Å². The number of hydrogen-bond donors (Lipinski definition) is 0. The van der Waals surface area contributed by atoms with Crippen LogP contribution >= 0.6 is 0 Å². The van der Waals surface area contributed by atoms with Crippen molar-refractivity contribution in [1.29, 1.82) is 5.26 Å². The number of aromatic nitrogens is 1. The summed E-state index contributed by atoms with van der Waals surface area (Å²) >= 11 is 0. The van der Waals surface area contributed by atoms with Crippen molar-refractivity contribution in [2.75, 3.05) is 0 Å². The second-order valence-corrected chi connectivity index (χ2v) is 7.87. The lowest BCUT2D eigenvalue weighted by Gasteiger charge is -2.08. The van der Waals surface area contributed by atoms with Crippen molar-refractivity contribution in [2.24, 2.45) is 7.05 Å². The van der Waals surface area contributed by atoms with Gasteiger partial charge in [0.15, 0.2) is 6.20 Å². The van der Waals surface area contributed by atoms with E-state index in [1.54, 1.807) is 13.0 Å². The van der Waals surface area contributed by atoms with Crippen LogP contribution in [-0.4, -0.2) is 0 Å². The van der Waals surface area contributed by atoms with Gasteiger partial charge in [-0.3, -0.25) is 0 Å². The van der Waals surface area contributed by atoms with Gasteiger partial charge in [0.2, 0.25) is 5.69 Å². The summed E-state index contributed by atoms with van der Waals surface area (Å²) in [6.07, 6.45) is 2.03. The SMILES string of the molecule is [2H]c1c([2H])c([2H])c(-c2c(C)cc(C#N)c3c2oc2c(-c4ccc(C)c[n+]4C)c(C)ccc23)c([2H])c1[2H]. The molecular formula is C28H23N2O+. The Morgan fingerprint density at radius 1 is 0.935 bits per heavy atom. The smallest absolute Gasteiger partial charge is 0.216 e. The van der Waals surface area contributed by atoms with Crippen LogP contribution in [0.25, 0.3) is 44.3 Å². The van der Waals surface area contributed by atoms with Gasteiger partial charge in [0.05, 0.1) is 24.0 Å². The van der Waals surface area contributed by atoms with E-state index >= 15 is 0 Å². The first-order valence-corrected chi connectivity index (χ1v) is 10.00. The van der Waals surface area contributed by atoms with E-state index in [0.717, 1.165) is 27.8 Å². The lowest BCUT2D eigenvalue weighted by molar-refractivity contribution is -0.660. The van der Waals surface area contributed by atoms with E-state index in [2.05, 4.69) is 6.07 Å². The Bertz CT molecular complexity index is 1770. The summed E-state index contributed by atoms with van der Waals surface area (Å²) in [6, 6.07) is 10.0. The van der Waals surface area contributed by atoms with Gasteiger partial charge in [-0.25, -0.2) is 4.57 Å². The van der Waals surface area contributed by atoms with Crippen LogP contribution in [0.1, 0.15) is 29.1 Å². The Labute approximate surface area is 188 Å². The van der Waals surface area contributed by atoms with Crippen LogP contribution in [0.15, 0.2) is 71.2 Å². The summed E-state index contributed by atoms with van der Waals surface area (Å²) in [6.45, 7) is 5.77. The molecule has 0 unspecified atom stereocenters. The maximum Gasteiger partial charge on any atom is 0.216 e. The van der Waals surface area contributed by atoms with Crippen molar-refractivity contribution in [2.45, 2.75) is 20.8 Å². The van der Waals surface area contributed by atoms with E-state index < -0.39 is 18.1 Å². The van der Waals surface area contributed by atoms with E-state index in [9.17, 15) is 5.26 Å². The highest BCUT2D eigenvalue weighted by Crippen LogP contribution is 2.43. The van der Waals surface area contributed by atoms with Crippen molar-refractivity contribution in [3.05, 3.63) is 89.0 Å². The van der Waals surface area contributed by atoms with Crippen molar-refractivity contribution < 1.29 is 15.8 Å². The standard InChI is InChI=1S/C28H23N2O/c1-17-10-13-23(30(4)16-17)25-18(2)11-12-22-26-21(15-29)14-19(3)24(28(26)31-27(22)25)20-8-6-5-7-9-20/h5-14,16H,1-4H3/q+1/i5D,6D,7D,8D,9D. The molecule has 150 valence electrons. The molecule has 3 nitrogen and oxygen atoms in total. The molecule has 0 radical (unpaired) electrons. The molecule has 2 heterocycles. The number of fused-ring (bicyclic) bond motifs is 3. The molecule has 0 spiro atoms. The minimum atomic E-state index is -0.453. The third-order valence-corrected chi connectivity index (χ3v) is 5.73.